The molecule has 0 fully saturated rings. The molecule has 3 aromatic rings. The number of carbonyl (C=O) groups is 1. The Morgan fingerprint density at radius 3 is 3.04 bits per heavy atom. The zero-order valence-electron chi connectivity index (χ0n) is 13.9. The van der Waals surface area contributed by atoms with E-state index in [1.807, 2.05) is 55.2 Å². The number of amides is 1. The molecule has 0 bridgehead atoms. The van der Waals surface area contributed by atoms with Crippen LogP contribution < -0.4 is 5.32 Å². The van der Waals surface area contributed by atoms with Crippen molar-refractivity contribution in [3.63, 3.8) is 0 Å². The summed E-state index contributed by atoms with van der Waals surface area (Å²) < 4.78 is 1.91. The molecule has 0 aliphatic heterocycles. The molecule has 122 valence electrons. The Labute approximate surface area is 140 Å². The fraction of sp³-hybridized carbons (Fsp3) is 0.316. The Morgan fingerprint density at radius 1 is 1.33 bits per heavy atom. The summed E-state index contributed by atoms with van der Waals surface area (Å²) >= 11 is 0. The van der Waals surface area contributed by atoms with Gasteiger partial charge in [-0.1, -0.05) is 18.2 Å². The molecule has 1 aliphatic rings. The first-order valence-corrected chi connectivity index (χ1v) is 8.31. The van der Waals surface area contributed by atoms with E-state index in [9.17, 15) is 4.79 Å². The van der Waals surface area contributed by atoms with E-state index in [0.717, 1.165) is 41.4 Å². The minimum Gasteiger partial charge on any atom is -0.345 e. The van der Waals surface area contributed by atoms with Gasteiger partial charge in [0.15, 0.2) is 0 Å². The maximum Gasteiger partial charge on any atom is 0.253 e. The number of carbonyl (C=O) groups excluding carboxylic acids is 1. The van der Waals surface area contributed by atoms with E-state index in [-0.39, 0.29) is 11.9 Å². The number of nitrogens with zero attached hydrogens (tertiary/aromatic N) is 3. The van der Waals surface area contributed by atoms with E-state index in [4.69, 9.17) is 0 Å². The van der Waals surface area contributed by atoms with Crippen LogP contribution in [0.3, 0.4) is 0 Å². The van der Waals surface area contributed by atoms with Crippen molar-refractivity contribution in [3.05, 3.63) is 59.0 Å². The van der Waals surface area contributed by atoms with Gasteiger partial charge >= 0.3 is 0 Å². The minimum atomic E-state index is -0.0625. The van der Waals surface area contributed by atoms with Gasteiger partial charge in [0, 0.05) is 23.7 Å². The van der Waals surface area contributed by atoms with Crippen LogP contribution in [0, 0.1) is 6.92 Å². The largest absolute Gasteiger partial charge is 0.345 e. The maximum absolute atomic E-state index is 12.8. The number of hydrogen-bond donors (Lipinski definition) is 1. The normalized spacial score (nSPS) is 16.8. The van der Waals surface area contributed by atoms with Gasteiger partial charge in [-0.05, 0) is 38.3 Å². The average Bonchev–Trinajstić information content (AvgIpc) is 2.96. The van der Waals surface area contributed by atoms with Crippen molar-refractivity contribution in [3.8, 4) is 0 Å². The Balaban J connectivity index is 1.64. The fourth-order valence-electron chi connectivity index (χ4n) is 3.53. The van der Waals surface area contributed by atoms with Crippen molar-refractivity contribution in [2.24, 2.45) is 7.05 Å². The smallest absolute Gasteiger partial charge is 0.253 e. The van der Waals surface area contributed by atoms with Crippen LogP contribution in [0.5, 0.6) is 0 Å². The molecule has 1 aliphatic carbocycles. The number of para-hydroxylation sites is 1. The first-order valence-electron chi connectivity index (χ1n) is 8.31. The summed E-state index contributed by atoms with van der Waals surface area (Å²) in [4.78, 5) is 17.4. The molecule has 0 unspecified atom stereocenters. The highest BCUT2D eigenvalue weighted by molar-refractivity contribution is 5.98. The van der Waals surface area contributed by atoms with Gasteiger partial charge in [0.2, 0.25) is 0 Å². The molecule has 5 nitrogen and oxygen atoms in total. The lowest BCUT2D eigenvalue weighted by molar-refractivity contribution is 0.0932. The number of pyridine rings is 1. The van der Waals surface area contributed by atoms with Crippen LogP contribution in [-0.4, -0.2) is 20.7 Å². The lowest BCUT2D eigenvalue weighted by atomic mass is 9.92. The monoisotopic (exact) mass is 320 g/mol. The topological polar surface area (TPSA) is 59.8 Å². The third kappa shape index (κ3) is 2.46. The standard InChI is InChI=1S/C19H20N4O/c1-12-14(10-13-6-3-4-7-16(13)21-12)19(24)22-17-8-5-9-18-15(17)11-20-23(18)2/h3-4,6-7,10-11,17H,5,8-9H2,1-2H3,(H,22,24)/t17-/m1/s1. The van der Waals surface area contributed by atoms with Crippen LogP contribution in [0.25, 0.3) is 10.9 Å². The molecule has 0 saturated heterocycles. The molecule has 1 amide bonds. The molecule has 2 heterocycles. The fourth-order valence-corrected chi connectivity index (χ4v) is 3.53. The van der Waals surface area contributed by atoms with Gasteiger partial charge < -0.3 is 5.32 Å². The third-order valence-corrected chi connectivity index (χ3v) is 4.84. The highest BCUT2D eigenvalue weighted by Crippen LogP contribution is 2.29. The van der Waals surface area contributed by atoms with Gasteiger partial charge in [0.1, 0.15) is 0 Å². The number of benzene rings is 1. The van der Waals surface area contributed by atoms with Crippen molar-refractivity contribution in [1.82, 2.24) is 20.1 Å². The zero-order chi connectivity index (χ0) is 16.7. The maximum atomic E-state index is 12.8. The van der Waals surface area contributed by atoms with Crippen molar-refractivity contribution in [2.45, 2.75) is 32.2 Å². The number of rotatable bonds is 2. The van der Waals surface area contributed by atoms with Gasteiger partial charge in [-0.15, -0.1) is 0 Å². The van der Waals surface area contributed by atoms with Crippen LogP contribution in [-0.2, 0) is 13.5 Å². The number of aromatic nitrogens is 3. The van der Waals surface area contributed by atoms with Crippen molar-refractivity contribution in [2.75, 3.05) is 0 Å². The summed E-state index contributed by atoms with van der Waals surface area (Å²) in [5.74, 6) is -0.0625. The quantitative estimate of drug-likeness (QED) is 0.789. The second kappa shape index (κ2) is 5.74. The molecule has 4 rings (SSSR count). The Hall–Kier alpha value is -2.69. The lowest BCUT2D eigenvalue weighted by Crippen LogP contribution is -2.31. The predicted octanol–water partition coefficient (Wildman–Crippen LogP) is 3.08. The predicted molar refractivity (Wildman–Crippen MR) is 92.8 cm³/mol. The number of nitrogens with one attached hydrogen (secondary N) is 1. The molecular weight excluding hydrogens is 300 g/mol. The molecule has 0 saturated carbocycles. The zero-order valence-corrected chi connectivity index (χ0v) is 13.9. The first kappa shape index (κ1) is 14.9. The minimum absolute atomic E-state index is 0.0285. The first-order chi connectivity index (χ1) is 11.6. The molecule has 1 aromatic carbocycles. The summed E-state index contributed by atoms with van der Waals surface area (Å²) in [5, 5.41) is 8.50. The van der Waals surface area contributed by atoms with Crippen LogP contribution in [0.4, 0.5) is 0 Å². The van der Waals surface area contributed by atoms with E-state index in [1.165, 1.54) is 5.69 Å². The van der Waals surface area contributed by atoms with Crippen molar-refractivity contribution < 1.29 is 4.79 Å². The second-order valence-corrected chi connectivity index (χ2v) is 6.40. The van der Waals surface area contributed by atoms with Gasteiger partial charge in [-0.3, -0.25) is 14.5 Å². The van der Waals surface area contributed by atoms with Crippen LogP contribution in [0.1, 0.15) is 46.2 Å². The molecule has 1 N–H and O–H groups in total. The Kier molecular flexibility index (Phi) is 3.56. The summed E-state index contributed by atoms with van der Waals surface area (Å²) in [6.07, 6.45) is 4.91. The van der Waals surface area contributed by atoms with Gasteiger partial charge in [-0.2, -0.15) is 5.10 Å². The highest BCUT2D eigenvalue weighted by atomic mass is 16.1. The SMILES string of the molecule is Cc1nc2ccccc2cc1C(=O)N[C@@H]1CCCc2c1cnn2C. The van der Waals surface area contributed by atoms with Crippen LogP contribution in [0.2, 0.25) is 0 Å². The number of fused-ring (bicyclic) bond motifs is 2. The summed E-state index contributed by atoms with van der Waals surface area (Å²) in [6, 6.07) is 9.83. The molecule has 0 radical (unpaired) electrons. The molecule has 0 spiro atoms. The molecule has 5 heteroatoms. The Morgan fingerprint density at radius 2 is 2.17 bits per heavy atom. The highest BCUT2D eigenvalue weighted by Gasteiger charge is 2.25. The molecule has 2 aromatic heterocycles. The van der Waals surface area contributed by atoms with E-state index in [0.29, 0.717) is 5.56 Å². The van der Waals surface area contributed by atoms with Crippen LogP contribution >= 0.6 is 0 Å². The van der Waals surface area contributed by atoms with E-state index in [1.54, 1.807) is 0 Å². The molecule has 24 heavy (non-hydrogen) atoms. The summed E-state index contributed by atoms with van der Waals surface area (Å²) in [7, 11) is 1.96. The Bertz CT molecular complexity index is 928. The van der Waals surface area contributed by atoms with Crippen molar-refractivity contribution in [1.29, 1.82) is 0 Å². The van der Waals surface area contributed by atoms with Crippen LogP contribution in [0.15, 0.2) is 36.5 Å². The molecular formula is C19H20N4O. The third-order valence-electron chi connectivity index (χ3n) is 4.84. The van der Waals surface area contributed by atoms with Gasteiger partial charge in [0.05, 0.1) is 29.0 Å². The van der Waals surface area contributed by atoms with E-state index in [2.05, 4.69) is 15.4 Å². The van der Waals surface area contributed by atoms with Gasteiger partial charge in [-0.25, -0.2) is 0 Å². The summed E-state index contributed by atoms with van der Waals surface area (Å²) in [5.41, 5.74) is 4.68. The average molecular weight is 320 g/mol. The number of aryl methyl sites for hydroxylation is 2. The molecule has 1 atom stereocenters. The lowest BCUT2D eigenvalue weighted by Gasteiger charge is -2.24. The van der Waals surface area contributed by atoms with Gasteiger partial charge in [0.25, 0.3) is 5.91 Å². The summed E-state index contributed by atoms with van der Waals surface area (Å²) in [6.45, 7) is 1.89. The van der Waals surface area contributed by atoms with Crippen molar-refractivity contribution >= 4 is 16.8 Å². The number of hydrogen-bond acceptors (Lipinski definition) is 3. The van der Waals surface area contributed by atoms with E-state index < -0.39 is 0 Å². The van der Waals surface area contributed by atoms with E-state index >= 15 is 0 Å². The second-order valence-electron chi connectivity index (χ2n) is 6.40.